The van der Waals surface area contributed by atoms with Gasteiger partial charge < -0.3 is 11.1 Å². The second-order valence-electron chi connectivity index (χ2n) is 3.51. The van der Waals surface area contributed by atoms with Crippen molar-refractivity contribution in [3.8, 4) is 0 Å². The predicted molar refractivity (Wildman–Crippen MR) is 62.5 cm³/mol. The number of aryl methyl sites for hydroxylation is 1. The molecule has 3 N–H and O–H groups in total. The number of aromatic nitrogens is 2. The molecule has 0 radical (unpaired) electrons. The summed E-state index contributed by atoms with van der Waals surface area (Å²) in [6, 6.07) is 7.54. The molecular weight excluding hydrogens is 220 g/mol. The maximum atomic E-state index is 11.7. The second kappa shape index (κ2) is 4.65. The lowest BCUT2D eigenvalue weighted by atomic mass is 10.1. The average molecular weight is 232 g/mol. The van der Waals surface area contributed by atoms with E-state index in [1.807, 2.05) is 25.1 Å². The molecule has 0 aliphatic rings. The van der Waals surface area contributed by atoms with Crippen molar-refractivity contribution < 1.29 is 9.42 Å². The van der Waals surface area contributed by atoms with Gasteiger partial charge in [0, 0.05) is 5.69 Å². The number of benzene rings is 1. The first-order valence-electron chi connectivity index (χ1n) is 5.19. The van der Waals surface area contributed by atoms with Gasteiger partial charge in [-0.3, -0.25) is 4.79 Å². The summed E-state index contributed by atoms with van der Waals surface area (Å²) in [5.74, 6) is -0.453. The number of rotatable bonds is 3. The molecule has 6 nitrogen and oxygen atoms in total. The number of carbonyl (C=O) groups excluding carboxylic acids is 1. The quantitative estimate of drug-likeness (QED) is 0.835. The average Bonchev–Trinajstić information content (AvgIpc) is 2.76. The molecule has 1 heterocycles. The van der Waals surface area contributed by atoms with Gasteiger partial charge in [0.15, 0.2) is 0 Å². The number of hydrogen-bond donors (Lipinski definition) is 2. The first-order valence-corrected chi connectivity index (χ1v) is 5.19. The molecule has 1 aromatic heterocycles. The van der Waals surface area contributed by atoms with E-state index in [1.54, 1.807) is 6.07 Å². The maximum absolute atomic E-state index is 11.7. The van der Waals surface area contributed by atoms with E-state index in [0.717, 1.165) is 12.0 Å². The van der Waals surface area contributed by atoms with Crippen LogP contribution >= 0.6 is 0 Å². The van der Waals surface area contributed by atoms with Gasteiger partial charge in [-0.25, -0.2) is 4.63 Å². The smallest absolute Gasteiger partial charge is 0.281 e. The highest BCUT2D eigenvalue weighted by atomic mass is 16.6. The lowest BCUT2D eigenvalue weighted by Crippen LogP contribution is -2.14. The van der Waals surface area contributed by atoms with Gasteiger partial charge in [-0.1, -0.05) is 19.1 Å². The molecule has 2 rings (SSSR count). The van der Waals surface area contributed by atoms with E-state index in [0.29, 0.717) is 5.69 Å². The van der Waals surface area contributed by atoms with Gasteiger partial charge in [0.05, 0.1) is 0 Å². The van der Waals surface area contributed by atoms with Crippen LogP contribution in [0.15, 0.2) is 28.9 Å². The van der Waals surface area contributed by atoms with Crippen LogP contribution in [-0.4, -0.2) is 16.2 Å². The van der Waals surface area contributed by atoms with E-state index in [-0.39, 0.29) is 11.5 Å². The Balaban J connectivity index is 2.16. The maximum Gasteiger partial charge on any atom is 0.281 e. The van der Waals surface area contributed by atoms with Gasteiger partial charge in [-0.15, -0.1) is 0 Å². The molecule has 17 heavy (non-hydrogen) atoms. The number of nitrogens with two attached hydrogens (primary N) is 1. The first-order chi connectivity index (χ1) is 8.20. The van der Waals surface area contributed by atoms with Crippen LogP contribution in [0, 0.1) is 0 Å². The fraction of sp³-hybridized carbons (Fsp3) is 0.182. The lowest BCUT2D eigenvalue weighted by Gasteiger charge is -2.04. The van der Waals surface area contributed by atoms with Crippen LogP contribution in [0.3, 0.4) is 0 Å². The lowest BCUT2D eigenvalue weighted by molar-refractivity contribution is 0.101. The number of hydrogen-bond acceptors (Lipinski definition) is 5. The molecule has 1 amide bonds. The molecule has 0 spiro atoms. The van der Waals surface area contributed by atoms with Crippen molar-refractivity contribution in [1.82, 2.24) is 10.3 Å². The van der Waals surface area contributed by atoms with Crippen molar-refractivity contribution in [2.75, 3.05) is 11.1 Å². The normalized spacial score (nSPS) is 10.2. The molecule has 0 aliphatic heterocycles. The van der Waals surface area contributed by atoms with Crippen molar-refractivity contribution >= 4 is 17.4 Å². The Morgan fingerprint density at radius 3 is 2.94 bits per heavy atom. The van der Waals surface area contributed by atoms with Gasteiger partial charge in [0.1, 0.15) is 0 Å². The summed E-state index contributed by atoms with van der Waals surface area (Å²) in [5.41, 5.74) is 7.24. The van der Waals surface area contributed by atoms with Crippen molar-refractivity contribution in [2.45, 2.75) is 13.3 Å². The molecule has 1 aromatic carbocycles. The van der Waals surface area contributed by atoms with Gasteiger partial charge >= 0.3 is 0 Å². The molecule has 88 valence electrons. The van der Waals surface area contributed by atoms with E-state index < -0.39 is 5.91 Å². The Bertz CT molecular complexity index is 536. The zero-order valence-corrected chi connectivity index (χ0v) is 9.30. The summed E-state index contributed by atoms with van der Waals surface area (Å²) in [6.45, 7) is 2.04. The van der Waals surface area contributed by atoms with Gasteiger partial charge in [0.25, 0.3) is 5.91 Å². The van der Waals surface area contributed by atoms with Crippen molar-refractivity contribution in [2.24, 2.45) is 0 Å². The topological polar surface area (TPSA) is 94.0 Å². The molecule has 0 aliphatic carbocycles. The molecule has 0 fully saturated rings. The minimum Gasteiger partial charge on any atom is -0.379 e. The highest BCUT2D eigenvalue weighted by Crippen LogP contribution is 2.13. The van der Waals surface area contributed by atoms with Gasteiger partial charge in [-0.2, -0.15) is 0 Å². The van der Waals surface area contributed by atoms with Crippen LogP contribution in [0.25, 0.3) is 0 Å². The van der Waals surface area contributed by atoms with Crippen LogP contribution < -0.4 is 11.1 Å². The summed E-state index contributed by atoms with van der Waals surface area (Å²) in [4.78, 5) is 11.7. The van der Waals surface area contributed by atoms with E-state index in [1.165, 1.54) is 0 Å². The summed E-state index contributed by atoms with van der Waals surface area (Å²) in [7, 11) is 0. The van der Waals surface area contributed by atoms with Crippen molar-refractivity contribution in [1.29, 1.82) is 0 Å². The Morgan fingerprint density at radius 2 is 2.29 bits per heavy atom. The fourth-order valence-electron chi connectivity index (χ4n) is 1.41. The van der Waals surface area contributed by atoms with Crippen LogP contribution in [0.4, 0.5) is 11.5 Å². The molecule has 0 saturated carbocycles. The van der Waals surface area contributed by atoms with Gasteiger partial charge in [0.2, 0.25) is 11.5 Å². The number of nitrogens with zero attached hydrogens (tertiary/aromatic N) is 2. The van der Waals surface area contributed by atoms with E-state index in [2.05, 4.69) is 20.3 Å². The molecule has 6 heteroatoms. The number of carbonyl (C=O) groups is 1. The van der Waals surface area contributed by atoms with E-state index >= 15 is 0 Å². The zero-order valence-electron chi connectivity index (χ0n) is 9.30. The molecular formula is C11H12N4O2. The second-order valence-corrected chi connectivity index (χ2v) is 3.51. The highest BCUT2D eigenvalue weighted by Gasteiger charge is 2.15. The summed E-state index contributed by atoms with van der Waals surface area (Å²) >= 11 is 0. The summed E-state index contributed by atoms with van der Waals surface area (Å²) in [5, 5.41) is 9.45. The molecule has 0 saturated heterocycles. The Hall–Kier alpha value is -2.37. The third-order valence-corrected chi connectivity index (χ3v) is 2.32. The highest BCUT2D eigenvalue weighted by molar-refractivity contribution is 6.05. The third kappa shape index (κ3) is 2.41. The SMILES string of the molecule is CCc1cccc(NC(=O)c2nonc2N)c1. The predicted octanol–water partition coefficient (Wildman–Crippen LogP) is 1.47. The number of anilines is 2. The van der Waals surface area contributed by atoms with Crippen LogP contribution in [0.5, 0.6) is 0 Å². The largest absolute Gasteiger partial charge is 0.379 e. The van der Waals surface area contributed by atoms with Crippen molar-refractivity contribution in [3.63, 3.8) is 0 Å². The standard InChI is InChI=1S/C11H12N4O2/c1-2-7-4-3-5-8(6-7)13-11(16)9-10(12)15-17-14-9/h3-6H,2H2,1H3,(H2,12,15)(H,13,16). The summed E-state index contributed by atoms with van der Waals surface area (Å²) in [6.07, 6.45) is 0.900. The molecule has 2 aromatic rings. The molecule has 0 atom stereocenters. The third-order valence-electron chi connectivity index (χ3n) is 2.32. The number of nitrogens with one attached hydrogen (secondary N) is 1. The summed E-state index contributed by atoms with van der Waals surface area (Å²) < 4.78 is 4.36. The monoisotopic (exact) mass is 232 g/mol. The van der Waals surface area contributed by atoms with Crippen LogP contribution in [0.2, 0.25) is 0 Å². The fourth-order valence-corrected chi connectivity index (χ4v) is 1.41. The van der Waals surface area contributed by atoms with Crippen LogP contribution in [-0.2, 0) is 6.42 Å². The van der Waals surface area contributed by atoms with Gasteiger partial charge in [-0.05, 0) is 34.4 Å². The van der Waals surface area contributed by atoms with E-state index in [9.17, 15) is 4.79 Å². The minimum absolute atomic E-state index is 0.00750. The van der Waals surface area contributed by atoms with Crippen molar-refractivity contribution in [3.05, 3.63) is 35.5 Å². The van der Waals surface area contributed by atoms with Crippen LogP contribution in [0.1, 0.15) is 23.0 Å². The minimum atomic E-state index is -0.433. The zero-order chi connectivity index (χ0) is 12.3. The Kier molecular flexibility index (Phi) is 3.04. The molecule has 0 bridgehead atoms. The molecule has 0 unspecified atom stereocenters. The Morgan fingerprint density at radius 1 is 1.47 bits per heavy atom. The first kappa shape index (κ1) is 11.1. The Labute approximate surface area is 97.8 Å². The number of amides is 1. The van der Waals surface area contributed by atoms with E-state index in [4.69, 9.17) is 5.73 Å². The number of nitrogen functional groups attached to an aromatic ring is 1.